The van der Waals surface area contributed by atoms with Gasteiger partial charge in [0.1, 0.15) is 45.0 Å². The minimum absolute atomic E-state index is 0.121. The van der Waals surface area contributed by atoms with Gasteiger partial charge >= 0.3 is 6.61 Å². The van der Waals surface area contributed by atoms with Gasteiger partial charge in [-0.25, -0.2) is 23.1 Å². The molecular weight excluding hydrogens is 533 g/mol. The zero-order valence-electron chi connectivity index (χ0n) is 20.6. The summed E-state index contributed by atoms with van der Waals surface area (Å²) >= 11 is 0. The van der Waals surface area contributed by atoms with E-state index in [0.29, 0.717) is 0 Å². The highest BCUT2D eigenvalue weighted by Crippen LogP contribution is 2.62. The molecule has 4 rings (SSSR count). The number of nitrogens with zero attached hydrogens (tertiary/aromatic N) is 3. The van der Waals surface area contributed by atoms with Gasteiger partial charge in [0.25, 0.3) is 11.8 Å². The van der Waals surface area contributed by atoms with Crippen LogP contribution in [-0.2, 0) is 5.54 Å². The molecule has 0 bridgehead atoms. The van der Waals surface area contributed by atoms with Crippen LogP contribution in [0.2, 0.25) is 0 Å². The number of rotatable bonds is 8. The third-order valence-electron chi connectivity index (χ3n) is 6.63. The molecular formula is C23H26F5N7O2S. The number of nitrogens with two attached hydrogens (primary N) is 2. The lowest BCUT2D eigenvalue weighted by Gasteiger charge is -2.60. The van der Waals surface area contributed by atoms with Crippen molar-refractivity contribution in [3.05, 3.63) is 47.7 Å². The van der Waals surface area contributed by atoms with Crippen molar-refractivity contribution in [3.8, 4) is 5.75 Å². The molecule has 0 saturated carbocycles. The van der Waals surface area contributed by atoms with E-state index in [9.17, 15) is 22.4 Å². The maximum Gasteiger partial charge on any atom is 0.387 e. The van der Waals surface area contributed by atoms with Crippen LogP contribution in [0.25, 0.3) is 0 Å². The molecule has 2 aliphatic heterocycles. The van der Waals surface area contributed by atoms with Crippen molar-refractivity contribution < 1.29 is 31.5 Å². The minimum Gasteiger partial charge on any atom is -0.433 e. The Kier molecular flexibility index (Phi) is 6.99. The molecule has 2 aromatic rings. The molecule has 1 amide bonds. The van der Waals surface area contributed by atoms with Gasteiger partial charge in [-0.2, -0.15) is 8.78 Å². The summed E-state index contributed by atoms with van der Waals surface area (Å²) in [6.45, 7) is 1.02. The second-order valence-electron chi connectivity index (χ2n) is 9.48. The van der Waals surface area contributed by atoms with Gasteiger partial charge < -0.3 is 21.5 Å². The number of nitrogens with one attached hydrogen (secondary N) is 2. The molecule has 4 heterocycles. The molecule has 0 fully saturated rings. The number of ether oxygens (including phenoxy) is 1. The molecule has 0 saturated heterocycles. The zero-order valence-corrected chi connectivity index (χ0v) is 21.4. The Morgan fingerprint density at radius 3 is 2.50 bits per heavy atom. The summed E-state index contributed by atoms with van der Waals surface area (Å²) in [7, 11) is -0.930. The molecule has 0 unspecified atom stereocenters. The van der Waals surface area contributed by atoms with Crippen LogP contribution in [0.4, 0.5) is 27.8 Å². The number of aromatic nitrogens is 2. The summed E-state index contributed by atoms with van der Waals surface area (Å²) < 4.78 is 72.9. The monoisotopic (exact) mass is 559 g/mol. The summed E-state index contributed by atoms with van der Waals surface area (Å²) in [6, 6.07) is 4.48. The average Bonchev–Trinajstić information content (AvgIpc) is 2.81. The molecule has 0 spiro atoms. The van der Waals surface area contributed by atoms with E-state index in [4.69, 9.17) is 11.5 Å². The molecule has 0 aromatic carbocycles. The fourth-order valence-corrected chi connectivity index (χ4v) is 7.37. The number of carbonyl (C=O) groups is 1. The fraction of sp³-hybridized carbons (Fsp3) is 0.435. The van der Waals surface area contributed by atoms with Crippen LogP contribution in [0.3, 0.4) is 0 Å². The van der Waals surface area contributed by atoms with Gasteiger partial charge in [-0.1, -0.05) is 0 Å². The van der Waals surface area contributed by atoms with E-state index in [0.717, 1.165) is 24.4 Å². The van der Waals surface area contributed by atoms with E-state index in [1.807, 2.05) is 0 Å². The van der Waals surface area contributed by atoms with Crippen molar-refractivity contribution in [2.75, 3.05) is 11.9 Å². The standard InChI is InChI=1S/C23H26F5N7O2S/c1-20(2)18(30)35-21(3,23(32-11-38(20)23)9-22(27,28)10-29)16-13(24)5-7-15(33-16)34-17(36)14-6-4-12(8-31-14)37-19(25)26/h4-8,11,19,32H,9-10,29H2,1-3H3,(H2,30,35)(H,33,34,36)/t21-,23-,38-/m1/s1. The van der Waals surface area contributed by atoms with E-state index in [2.05, 4.69) is 30.3 Å². The van der Waals surface area contributed by atoms with Crippen molar-refractivity contribution in [2.24, 2.45) is 16.5 Å². The summed E-state index contributed by atoms with van der Waals surface area (Å²) in [4.78, 5) is 23.8. The van der Waals surface area contributed by atoms with Crippen LogP contribution in [0.15, 0.2) is 35.5 Å². The van der Waals surface area contributed by atoms with Crippen LogP contribution in [0.1, 0.15) is 43.4 Å². The number of alkyl halides is 4. The van der Waals surface area contributed by atoms with Gasteiger partial charge in [0.2, 0.25) is 0 Å². The van der Waals surface area contributed by atoms with Crippen molar-refractivity contribution in [3.63, 3.8) is 0 Å². The highest BCUT2D eigenvalue weighted by molar-refractivity contribution is 8.19. The number of hydrogen-bond acceptors (Lipinski definition) is 8. The molecule has 3 atom stereocenters. The Bertz CT molecular complexity index is 1320. The van der Waals surface area contributed by atoms with Crippen LogP contribution < -0.4 is 26.8 Å². The van der Waals surface area contributed by atoms with Gasteiger partial charge in [0.05, 0.1) is 17.5 Å². The van der Waals surface area contributed by atoms with Crippen LogP contribution in [0.5, 0.6) is 5.75 Å². The minimum atomic E-state index is -3.31. The van der Waals surface area contributed by atoms with Crippen LogP contribution in [0, 0.1) is 5.82 Å². The predicted molar refractivity (Wildman–Crippen MR) is 134 cm³/mol. The van der Waals surface area contributed by atoms with Gasteiger partial charge in [0.15, 0.2) is 0 Å². The quantitative estimate of drug-likeness (QED) is 0.288. The number of anilines is 1. The maximum absolute atomic E-state index is 15.3. The van der Waals surface area contributed by atoms with Gasteiger partial charge in [-0.15, -0.1) is 10.5 Å². The third-order valence-corrected chi connectivity index (χ3v) is 9.70. The second-order valence-corrected chi connectivity index (χ2v) is 12.1. The van der Waals surface area contributed by atoms with Crippen molar-refractivity contribution in [1.82, 2.24) is 15.3 Å². The van der Waals surface area contributed by atoms with E-state index in [1.54, 1.807) is 19.3 Å². The maximum atomic E-state index is 15.3. The van der Waals surface area contributed by atoms with Gasteiger partial charge in [0, 0.05) is 11.9 Å². The largest absolute Gasteiger partial charge is 0.433 e. The lowest BCUT2D eigenvalue weighted by Crippen LogP contribution is -2.71. The Morgan fingerprint density at radius 2 is 1.95 bits per heavy atom. The Hall–Kier alpha value is -3.17. The number of amides is 1. The first kappa shape index (κ1) is 27.9. The lowest BCUT2D eigenvalue weighted by atomic mass is 9.82. The summed E-state index contributed by atoms with van der Waals surface area (Å²) in [6.07, 6.45) is 0.176. The molecule has 6 N–H and O–H groups in total. The lowest BCUT2D eigenvalue weighted by molar-refractivity contribution is -0.0500. The number of pyridine rings is 2. The molecule has 0 aliphatic carbocycles. The molecule has 9 nitrogen and oxygen atoms in total. The number of fused-ring (bicyclic) bond motifs is 1. The molecule has 2 aromatic heterocycles. The third kappa shape index (κ3) is 4.62. The van der Waals surface area contributed by atoms with Crippen molar-refractivity contribution >= 4 is 33.5 Å². The number of hydrogen-bond donors (Lipinski definition) is 4. The van der Waals surface area contributed by atoms with E-state index < -0.39 is 62.9 Å². The summed E-state index contributed by atoms with van der Waals surface area (Å²) in [5.74, 6) is -5.16. The number of carbonyl (C=O) groups excluding carboxylic acids is 1. The van der Waals surface area contributed by atoms with Crippen LogP contribution >= 0.6 is 10.5 Å². The van der Waals surface area contributed by atoms with Crippen LogP contribution in [-0.4, -0.2) is 55.9 Å². The number of halogens is 5. The van der Waals surface area contributed by atoms with Crippen molar-refractivity contribution in [2.45, 2.75) is 54.9 Å². The Morgan fingerprint density at radius 1 is 1.24 bits per heavy atom. The number of amidine groups is 1. The molecule has 206 valence electrons. The normalized spacial score (nSPS) is 26.1. The molecule has 38 heavy (non-hydrogen) atoms. The van der Waals surface area contributed by atoms with Crippen molar-refractivity contribution in [1.29, 1.82) is 0 Å². The fourth-order valence-electron chi connectivity index (χ4n) is 4.48. The molecule has 15 heteroatoms. The first-order valence-corrected chi connectivity index (χ1v) is 12.6. The second kappa shape index (κ2) is 9.54. The van der Waals surface area contributed by atoms with Gasteiger partial charge in [-0.3, -0.25) is 15.1 Å². The first-order chi connectivity index (χ1) is 17.6. The molecule has 2 aliphatic rings. The zero-order chi connectivity index (χ0) is 28.1. The van der Waals surface area contributed by atoms with E-state index >= 15 is 4.39 Å². The topological polar surface area (TPSA) is 141 Å². The average molecular weight is 560 g/mol. The Balaban J connectivity index is 1.73. The highest BCUT2D eigenvalue weighted by Gasteiger charge is 2.66. The highest BCUT2D eigenvalue weighted by atomic mass is 32.2. The summed E-state index contributed by atoms with van der Waals surface area (Å²) in [5.41, 5.74) is 11.1. The molecule has 0 radical (unpaired) electrons. The number of aliphatic imine (C=N–C) groups is 1. The van der Waals surface area contributed by atoms with E-state index in [-0.39, 0.29) is 28.8 Å². The van der Waals surface area contributed by atoms with E-state index in [1.165, 1.54) is 13.0 Å². The summed E-state index contributed by atoms with van der Waals surface area (Å²) in [5, 5.41) is 5.41. The van der Waals surface area contributed by atoms with Gasteiger partial charge in [-0.05, 0) is 45.0 Å². The SMILES string of the molecule is CC1(C)C(N)=N[C@](C)(c2nc(NC(=O)c3ccc(OC(F)F)cn3)ccc2F)[C@]2(CC(F)(F)CN)NC=[S@]12. The first-order valence-electron chi connectivity index (χ1n) is 11.3. The Labute approximate surface area is 217 Å². The predicted octanol–water partition coefficient (Wildman–Crippen LogP) is 3.15. The smallest absolute Gasteiger partial charge is 0.387 e.